The molecule has 31 heavy (non-hydrogen) atoms. The Balaban J connectivity index is 1.93. The number of rotatable bonds is 4. The van der Waals surface area contributed by atoms with Crippen molar-refractivity contribution in [2.75, 3.05) is 35.7 Å². The monoisotopic (exact) mass is 463 g/mol. The topological polar surface area (TPSA) is 53.5 Å². The molecule has 1 aromatic heterocycles. The largest absolute Gasteiger partial charge is 0.436 e. The summed E-state index contributed by atoms with van der Waals surface area (Å²) in [5.41, 5.74) is -1.07. The lowest BCUT2D eigenvalue weighted by Gasteiger charge is -2.45. The third kappa shape index (κ3) is 4.91. The number of sulfone groups is 1. The first-order valence-corrected chi connectivity index (χ1v) is 11.4. The molecule has 1 aliphatic heterocycles. The van der Waals surface area contributed by atoms with E-state index in [1.54, 1.807) is 4.90 Å². The van der Waals surface area contributed by atoms with E-state index < -0.39 is 38.2 Å². The first-order valence-electron chi connectivity index (χ1n) is 9.54. The normalized spacial score (nSPS) is 18.0. The van der Waals surface area contributed by atoms with Gasteiger partial charge in [-0.05, 0) is 36.2 Å². The van der Waals surface area contributed by atoms with E-state index in [2.05, 4.69) is 4.98 Å². The van der Waals surface area contributed by atoms with E-state index in [4.69, 9.17) is 0 Å². The number of pyridine rings is 1. The molecule has 11 heteroatoms. The summed E-state index contributed by atoms with van der Waals surface area (Å²) in [6, 6.07) is 5.49. The predicted octanol–water partition coefficient (Wildman–Crippen LogP) is 4.13. The van der Waals surface area contributed by atoms with Gasteiger partial charge in [-0.3, -0.25) is 0 Å². The van der Waals surface area contributed by atoms with Crippen LogP contribution in [0.25, 0.3) is 0 Å². The number of hydrogen-bond donors (Lipinski definition) is 0. The van der Waals surface area contributed by atoms with Crippen molar-refractivity contribution in [1.29, 1.82) is 0 Å². The Hall–Kier alpha value is -2.43. The van der Waals surface area contributed by atoms with Crippen LogP contribution in [0.4, 0.5) is 33.5 Å². The Morgan fingerprint density at radius 1 is 1.06 bits per heavy atom. The molecule has 0 saturated carbocycles. The number of benzene rings is 1. The molecule has 5 nitrogen and oxygen atoms in total. The number of alkyl halides is 3. The maximum atomic E-state index is 14.0. The number of halogens is 5. The fourth-order valence-electron chi connectivity index (χ4n) is 3.66. The highest BCUT2D eigenvalue weighted by molar-refractivity contribution is 7.90. The first-order chi connectivity index (χ1) is 14.3. The summed E-state index contributed by atoms with van der Waals surface area (Å²) in [6.45, 7) is 4.72. The van der Waals surface area contributed by atoms with Gasteiger partial charge >= 0.3 is 6.18 Å². The molecule has 0 aliphatic carbocycles. The van der Waals surface area contributed by atoms with Crippen LogP contribution in [0.3, 0.4) is 0 Å². The van der Waals surface area contributed by atoms with E-state index in [1.807, 2.05) is 18.7 Å². The molecule has 0 N–H and O–H groups in total. The maximum absolute atomic E-state index is 14.0. The van der Waals surface area contributed by atoms with Crippen molar-refractivity contribution >= 4 is 21.3 Å². The van der Waals surface area contributed by atoms with Gasteiger partial charge in [0.15, 0.2) is 21.3 Å². The number of hydrogen-bond acceptors (Lipinski definition) is 5. The zero-order valence-corrected chi connectivity index (χ0v) is 17.9. The maximum Gasteiger partial charge on any atom is 0.436 e. The number of nitrogens with zero attached hydrogens (tertiary/aromatic N) is 3. The van der Waals surface area contributed by atoms with Gasteiger partial charge in [0.2, 0.25) is 0 Å². The second kappa shape index (κ2) is 8.25. The first kappa shape index (κ1) is 23.2. The molecule has 1 aliphatic rings. The van der Waals surface area contributed by atoms with Gasteiger partial charge in [-0.2, -0.15) is 13.2 Å². The summed E-state index contributed by atoms with van der Waals surface area (Å²) in [6.07, 6.45) is -3.99. The van der Waals surface area contributed by atoms with E-state index in [0.717, 1.165) is 18.4 Å². The minimum absolute atomic E-state index is 0.0150. The van der Waals surface area contributed by atoms with Gasteiger partial charge in [-0.25, -0.2) is 22.2 Å². The molecule has 1 saturated heterocycles. The quantitative estimate of drug-likeness (QED) is 0.639. The predicted molar refractivity (Wildman–Crippen MR) is 107 cm³/mol. The molecular weight excluding hydrogens is 441 g/mol. The van der Waals surface area contributed by atoms with Crippen LogP contribution in [0.15, 0.2) is 35.2 Å². The molecule has 170 valence electrons. The minimum atomic E-state index is -4.91. The van der Waals surface area contributed by atoms with Crippen molar-refractivity contribution in [2.45, 2.75) is 31.0 Å². The SMILES string of the molecule is CC(C)[C@@H]1CN(c2ccc(F)c(S(C)(=O)=O)c2)CCN1c1ccc(F)c(C(F)(F)F)n1. The van der Waals surface area contributed by atoms with Crippen LogP contribution < -0.4 is 9.80 Å². The van der Waals surface area contributed by atoms with Crippen LogP contribution in [-0.2, 0) is 16.0 Å². The summed E-state index contributed by atoms with van der Waals surface area (Å²) < 4.78 is 90.6. The highest BCUT2D eigenvalue weighted by atomic mass is 32.2. The summed E-state index contributed by atoms with van der Waals surface area (Å²) >= 11 is 0. The Kier molecular flexibility index (Phi) is 6.18. The van der Waals surface area contributed by atoms with Gasteiger partial charge in [-0.1, -0.05) is 13.8 Å². The highest BCUT2D eigenvalue weighted by Crippen LogP contribution is 2.33. The average Bonchev–Trinajstić information content (AvgIpc) is 2.66. The summed E-state index contributed by atoms with van der Waals surface area (Å²) in [5, 5.41) is 0. The van der Waals surface area contributed by atoms with Gasteiger partial charge in [-0.15, -0.1) is 0 Å². The number of aromatic nitrogens is 1. The zero-order chi connectivity index (χ0) is 23.1. The Labute approximate surface area is 177 Å². The summed E-state index contributed by atoms with van der Waals surface area (Å²) in [5.74, 6) is -2.28. The summed E-state index contributed by atoms with van der Waals surface area (Å²) in [7, 11) is -3.77. The highest BCUT2D eigenvalue weighted by Gasteiger charge is 2.38. The van der Waals surface area contributed by atoms with E-state index in [9.17, 15) is 30.4 Å². The molecular formula is C20H22F5N3O2S. The Morgan fingerprint density at radius 3 is 2.29 bits per heavy atom. The molecule has 0 spiro atoms. The van der Waals surface area contributed by atoms with Crippen LogP contribution in [0.5, 0.6) is 0 Å². The lowest BCUT2D eigenvalue weighted by molar-refractivity contribution is -0.143. The van der Waals surface area contributed by atoms with Crippen molar-refractivity contribution in [2.24, 2.45) is 5.92 Å². The molecule has 0 radical (unpaired) electrons. The van der Waals surface area contributed by atoms with E-state index >= 15 is 0 Å². The van der Waals surface area contributed by atoms with Gasteiger partial charge < -0.3 is 9.80 Å². The average molecular weight is 463 g/mol. The summed E-state index contributed by atoms with van der Waals surface area (Å²) in [4.78, 5) is 6.66. The van der Waals surface area contributed by atoms with Crippen molar-refractivity contribution in [1.82, 2.24) is 4.98 Å². The van der Waals surface area contributed by atoms with E-state index in [-0.39, 0.29) is 24.3 Å². The van der Waals surface area contributed by atoms with Crippen molar-refractivity contribution < 1.29 is 30.4 Å². The molecule has 1 fully saturated rings. The smallest absolute Gasteiger partial charge is 0.368 e. The molecule has 0 unspecified atom stereocenters. The third-order valence-corrected chi connectivity index (χ3v) is 6.37. The molecule has 0 bridgehead atoms. The Bertz CT molecular complexity index is 1070. The lowest BCUT2D eigenvalue weighted by atomic mass is 9.99. The van der Waals surface area contributed by atoms with Crippen molar-refractivity contribution in [3.05, 3.63) is 47.7 Å². The minimum Gasteiger partial charge on any atom is -0.368 e. The van der Waals surface area contributed by atoms with Crippen LogP contribution in [0.1, 0.15) is 19.5 Å². The zero-order valence-electron chi connectivity index (χ0n) is 17.1. The van der Waals surface area contributed by atoms with Crippen LogP contribution in [0, 0.1) is 17.6 Å². The van der Waals surface area contributed by atoms with Gasteiger partial charge in [0, 0.05) is 31.6 Å². The van der Waals surface area contributed by atoms with Crippen molar-refractivity contribution in [3.8, 4) is 0 Å². The molecule has 1 aromatic carbocycles. The van der Waals surface area contributed by atoms with Crippen LogP contribution in [-0.4, -0.2) is 45.3 Å². The number of anilines is 2. The number of piperazine rings is 1. The standard InChI is InChI=1S/C20H22F5N3O2S/c1-12(2)16-11-27(13-4-5-14(21)17(10-13)31(3,29)30)8-9-28(16)18-7-6-15(22)19(26-18)20(23,24)25/h4-7,10,12,16H,8-9,11H2,1-3H3/t16-/m0/s1. The van der Waals surface area contributed by atoms with Crippen molar-refractivity contribution in [3.63, 3.8) is 0 Å². The van der Waals surface area contributed by atoms with Crippen LogP contribution in [0.2, 0.25) is 0 Å². The second-order valence-electron chi connectivity index (χ2n) is 7.84. The lowest BCUT2D eigenvalue weighted by Crippen LogP contribution is -2.56. The van der Waals surface area contributed by atoms with Gasteiger partial charge in [0.25, 0.3) is 0 Å². The second-order valence-corrected chi connectivity index (χ2v) is 9.82. The molecule has 2 aromatic rings. The van der Waals surface area contributed by atoms with Gasteiger partial charge in [0.1, 0.15) is 16.5 Å². The molecule has 1 atom stereocenters. The fraction of sp³-hybridized carbons (Fsp3) is 0.450. The van der Waals surface area contributed by atoms with E-state index in [1.165, 1.54) is 18.2 Å². The van der Waals surface area contributed by atoms with Gasteiger partial charge in [0.05, 0.1) is 6.04 Å². The molecule has 0 amide bonds. The Morgan fingerprint density at radius 2 is 1.71 bits per heavy atom. The van der Waals surface area contributed by atoms with Crippen LogP contribution >= 0.6 is 0 Å². The molecule has 3 rings (SSSR count). The molecule has 2 heterocycles. The third-order valence-electron chi connectivity index (χ3n) is 5.26. The van der Waals surface area contributed by atoms with E-state index in [0.29, 0.717) is 18.8 Å². The fourth-order valence-corrected chi connectivity index (χ4v) is 4.42.